The molecule has 0 aromatic carbocycles. The van der Waals surface area contributed by atoms with Crippen LogP contribution in [0.3, 0.4) is 0 Å². The Morgan fingerprint density at radius 2 is 2.09 bits per heavy atom. The van der Waals surface area contributed by atoms with E-state index in [-0.39, 0.29) is 0 Å². The molecule has 0 aliphatic heterocycles. The van der Waals surface area contributed by atoms with Crippen molar-refractivity contribution >= 4 is 53.5 Å². The van der Waals surface area contributed by atoms with Crippen LogP contribution in [-0.4, -0.2) is 15.0 Å². The number of nitrogens with zero attached hydrogens (tertiary/aromatic N) is 3. The Bertz CT molecular complexity index is 400. The van der Waals surface area contributed by atoms with Crippen LogP contribution >= 0.6 is 43.2 Å². The van der Waals surface area contributed by atoms with Crippen molar-refractivity contribution in [3.05, 3.63) is 14.8 Å². The molecule has 0 N–H and O–H groups in total. The first kappa shape index (κ1) is 7.57. The second-order valence-corrected chi connectivity index (χ2v) is 4.10. The van der Waals surface area contributed by atoms with Gasteiger partial charge in [-0.1, -0.05) is 0 Å². The molecule has 2 aromatic rings. The second-order valence-electron chi connectivity index (χ2n) is 1.79. The van der Waals surface area contributed by atoms with Crippen LogP contribution in [0.2, 0.25) is 0 Å². The molecule has 0 amide bonds. The Morgan fingerprint density at radius 3 is 2.91 bits per heavy atom. The second kappa shape index (κ2) is 2.76. The first-order chi connectivity index (χ1) is 5.27. The van der Waals surface area contributed by atoms with Gasteiger partial charge in [-0.3, -0.25) is 0 Å². The molecule has 0 unspecified atom stereocenters. The molecule has 2 heterocycles. The van der Waals surface area contributed by atoms with E-state index < -0.39 is 0 Å². The van der Waals surface area contributed by atoms with Gasteiger partial charge in [-0.05, 0) is 31.9 Å². The van der Waals surface area contributed by atoms with Gasteiger partial charge in [-0.25, -0.2) is 15.0 Å². The Hall–Kier alpha value is -0.0700. The van der Waals surface area contributed by atoms with Crippen LogP contribution in [0.4, 0.5) is 0 Å². The highest BCUT2D eigenvalue weighted by Crippen LogP contribution is 2.24. The van der Waals surface area contributed by atoms with E-state index in [1.54, 1.807) is 5.51 Å². The number of aromatic nitrogens is 3. The maximum Gasteiger partial charge on any atom is 0.199 e. The van der Waals surface area contributed by atoms with Gasteiger partial charge in [0.2, 0.25) is 0 Å². The third-order valence-corrected chi connectivity index (χ3v) is 3.14. The summed E-state index contributed by atoms with van der Waals surface area (Å²) in [4.78, 5) is 12.2. The van der Waals surface area contributed by atoms with Crippen molar-refractivity contribution in [3.63, 3.8) is 0 Å². The van der Waals surface area contributed by atoms with Crippen molar-refractivity contribution in [2.24, 2.45) is 0 Å². The van der Waals surface area contributed by atoms with E-state index in [1.165, 1.54) is 11.3 Å². The van der Waals surface area contributed by atoms with Crippen LogP contribution < -0.4 is 0 Å². The zero-order chi connectivity index (χ0) is 7.84. The lowest BCUT2D eigenvalue weighted by molar-refractivity contribution is 1.12. The van der Waals surface area contributed by atoms with Crippen LogP contribution in [-0.2, 0) is 0 Å². The van der Waals surface area contributed by atoms with Crippen LogP contribution in [0.5, 0.6) is 0 Å². The fourth-order valence-corrected chi connectivity index (χ4v) is 2.52. The summed E-state index contributed by atoms with van der Waals surface area (Å²) < 4.78 is 2.33. The number of fused-ring (bicyclic) bond motifs is 1. The first-order valence-corrected chi connectivity index (χ1v) is 5.16. The highest BCUT2D eigenvalue weighted by atomic mass is 79.9. The minimum Gasteiger partial charge on any atom is -0.225 e. The molecule has 0 fully saturated rings. The Balaban J connectivity index is 2.91. The summed E-state index contributed by atoms with van der Waals surface area (Å²) in [7, 11) is 0. The van der Waals surface area contributed by atoms with Gasteiger partial charge >= 0.3 is 0 Å². The van der Waals surface area contributed by atoms with E-state index >= 15 is 0 Å². The predicted molar refractivity (Wildman–Crippen MR) is 50.6 cm³/mol. The topological polar surface area (TPSA) is 38.7 Å². The van der Waals surface area contributed by atoms with E-state index in [4.69, 9.17) is 0 Å². The van der Waals surface area contributed by atoms with E-state index in [9.17, 15) is 0 Å². The average Bonchev–Trinajstić information content (AvgIpc) is 2.34. The fourth-order valence-electron chi connectivity index (χ4n) is 0.705. The van der Waals surface area contributed by atoms with Crippen LogP contribution in [0.1, 0.15) is 0 Å². The average molecular weight is 295 g/mol. The quantitative estimate of drug-likeness (QED) is 0.554. The molecular formula is C5HBr2N3S. The highest BCUT2D eigenvalue weighted by molar-refractivity contribution is 9.11. The number of hydrogen-bond donors (Lipinski definition) is 0. The normalized spacial score (nSPS) is 10.7. The summed E-state index contributed by atoms with van der Waals surface area (Å²) in [6.07, 6.45) is 0. The SMILES string of the molecule is Brc1nc(Br)c2scnc2n1. The van der Waals surface area contributed by atoms with Gasteiger partial charge in [0.05, 0.1) is 5.51 Å². The van der Waals surface area contributed by atoms with Crippen molar-refractivity contribution in [2.45, 2.75) is 0 Å². The molecule has 3 nitrogen and oxygen atoms in total. The summed E-state index contributed by atoms with van der Waals surface area (Å²) in [5, 5.41) is 0. The molecule has 0 aliphatic carbocycles. The van der Waals surface area contributed by atoms with E-state index in [0.29, 0.717) is 4.73 Å². The van der Waals surface area contributed by atoms with Crippen LogP contribution in [0, 0.1) is 0 Å². The van der Waals surface area contributed by atoms with E-state index in [1.807, 2.05) is 0 Å². The molecular weight excluding hydrogens is 294 g/mol. The highest BCUT2D eigenvalue weighted by Gasteiger charge is 2.04. The maximum absolute atomic E-state index is 4.07. The van der Waals surface area contributed by atoms with Gasteiger partial charge in [0, 0.05) is 0 Å². The summed E-state index contributed by atoms with van der Waals surface area (Å²) >= 11 is 8.02. The van der Waals surface area contributed by atoms with Gasteiger partial charge in [0.1, 0.15) is 9.30 Å². The molecule has 2 rings (SSSR count). The van der Waals surface area contributed by atoms with Crippen molar-refractivity contribution in [1.29, 1.82) is 0 Å². The predicted octanol–water partition coefficient (Wildman–Crippen LogP) is 2.61. The van der Waals surface area contributed by atoms with Crippen molar-refractivity contribution in [1.82, 2.24) is 15.0 Å². The van der Waals surface area contributed by atoms with Gasteiger partial charge in [-0.15, -0.1) is 11.3 Å². The van der Waals surface area contributed by atoms with E-state index in [0.717, 1.165) is 15.0 Å². The number of hydrogen-bond acceptors (Lipinski definition) is 4. The maximum atomic E-state index is 4.07. The van der Waals surface area contributed by atoms with Gasteiger partial charge in [0.25, 0.3) is 0 Å². The van der Waals surface area contributed by atoms with Crippen molar-refractivity contribution in [2.75, 3.05) is 0 Å². The standard InChI is InChI=1S/C5HBr2N3S/c6-3-2-4(8-1-11-2)10-5(7)9-3/h1H. The molecule has 56 valence electrons. The molecule has 11 heavy (non-hydrogen) atoms. The molecule has 6 heteroatoms. The smallest absolute Gasteiger partial charge is 0.199 e. The zero-order valence-electron chi connectivity index (χ0n) is 5.08. The minimum atomic E-state index is 0.558. The Morgan fingerprint density at radius 1 is 1.27 bits per heavy atom. The molecule has 0 spiro atoms. The van der Waals surface area contributed by atoms with Crippen LogP contribution in [0.25, 0.3) is 10.3 Å². The van der Waals surface area contributed by atoms with Crippen molar-refractivity contribution in [3.8, 4) is 0 Å². The third-order valence-electron chi connectivity index (χ3n) is 1.12. The summed E-state index contributed by atoms with van der Waals surface area (Å²) in [6.45, 7) is 0. The van der Waals surface area contributed by atoms with Gasteiger partial charge in [-0.2, -0.15) is 0 Å². The summed E-state index contributed by atoms with van der Waals surface area (Å²) in [6, 6.07) is 0. The third kappa shape index (κ3) is 1.30. The minimum absolute atomic E-state index is 0.558. The molecule has 0 bridgehead atoms. The monoisotopic (exact) mass is 293 g/mol. The van der Waals surface area contributed by atoms with Crippen molar-refractivity contribution < 1.29 is 0 Å². The lowest BCUT2D eigenvalue weighted by Crippen LogP contribution is -1.83. The molecule has 0 aliphatic rings. The molecule has 2 aromatic heterocycles. The number of rotatable bonds is 0. The number of halogens is 2. The summed E-state index contributed by atoms with van der Waals surface area (Å²) in [5.41, 5.74) is 2.47. The Kier molecular flexibility index (Phi) is 1.90. The van der Waals surface area contributed by atoms with Gasteiger partial charge in [0.15, 0.2) is 10.4 Å². The van der Waals surface area contributed by atoms with E-state index in [2.05, 4.69) is 46.8 Å². The summed E-state index contributed by atoms with van der Waals surface area (Å²) in [5.74, 6) is 0. The number of thiazole rings is 1. The fraction of sp³-hybridized carbons (Fsp3) is 0. The zero-order valence-corrected chi connectivity index (χ0v) is 9.07. The first-order valence-electron chi connectivity index (χ1n) is 2.69. The largest absolute Gasteiger partial charge is 0.225 e. The molecule has 0 saturated heterocycles. The lowest BCUT2D eigenvalue weighted by Gasteiger charge is -1.91. The molecule has 0 radical (unpaired) electrons. The molecule has 0 atom stereocenters. The molecule has 0 saturated carbocycles. The Labute approximate surface area is 83.1 Å². The van der Waals surface area contributed by atoms with Gasteiger partial charge < -0.3 is 0 Å². The van der Waals surface area contributed by atoms with Crippen LogP contribution in [0.15, 0.2) is 14.8 Å². The lowest BCUT2D eigenvalue weighted by atomic mass is 10.6.